The van der Waals surface area contributed by atoms with Gasteiger partial charge in [0.1, 0.15) is 11.6 Å². The molecule has 1 atom stereocenters. The second kappa shape index (κ2) is 8.54. The van der Waals surface area contributed by atoms with E-state index in [0.717, 1.165) is 30.7 Å². The topological polar surface area (TPSA) is 59.1 Å². The van der Waals surface area contributed by atoms with Crippen LogP contribution in [-0.2, 0) is 4.74 Å². The van der Waals surface area contributed by atoms with Crippen LogP contribution in [0.4, 0.5) is 21.8 Å². The third-order valence-electron chi connectivity index (χ3n) is 4.50. The number of hydrogen-bond acceptors (Lipinski definition) is 5. The van der Waals surface area contributed by atoms with Gasteiger partial charge in [-0.25, -0.2) is 9.37 Å². The van der Waals surface area contributed by atoms with Crippen LogP contribution in [0.1, 0.15) is 12.8 Å². The predicted octanol–water partition coefficient (Wildman–Crippen LogP) is 5.27. The molecule has 0 radical (unpaired) electrons. The Balaban J connectivity index is 1.61. The van der Waals surface area contributed by atoms with Crippen LogP contribution < -0.4 is 10.6 Å². The molecular weight excluding hydrogens is 379 g/mol. The minimum absolute atomic E-state index is 0.0547. The van der Waals surface area contributed by atoms with E-state index in [2.05, 4.69) is 20.6 Å². The van der Waals surface area contributed by atoms with Crippen LogP contribution >= 0.6 is 11.6 Å². The van der Waals surface area contributed by atoms with Crippen LogP contribution in [0.5, 0.6) is 0 Å². The number of anilines is 3. The second-order valence-corrected chi connectivity index (χ2v) is 7.01. The number of aromatic nitrogens is 2. The van der Waals surface area contributed by atoms with Gasteiger partial charge in [0.2, 0.25) is 5.95 Å². The molecule has 4 rings (SSSR count). The first-order valence-corrected chi connectivity index (χ1v) is 9.57. The van der Waals surface area contributed by atoms with Crippen LogP contribution in [0.2, 0.25) is 5.02 Å². The smallest absolute Gasteiger partial charge is 0.225 e. The summed E-state index contributed by atoms with van der Waals surface area (Å²) in [6.45, 7) is 1.45. The van der Waals surface area contributed by atoms with Crippen molar-refractivity contribution < 1.29 is 9.13 Å². The van der Waals surface area contributed by atoms with Crippen molar-refractivity contribution in [3.63, 3.8) is 0 Å². The number of hydrogen-bond donors (Lipinski definition) is 2. The summed E-state index contributed by atoms with van der Waals surface area (Å²) in [5.74, 6) is 0.637. The van der Waals surface area contributed by atoms with Crippen molar-refractivity contribution in [3.05, 3.63) is 65.4 Å². The molecule has 0 aliphatic carbocycles. The molecule has 1 unspecified atom stereocenters. The minimum atomic E-state index is -0.459. The molecule has 1 saturated heterocycles. The summed E-state index contributed by atoms with van der Waals surface area (Å²) in [7, 11) is 0. The Morgan fingerprint density at radius 3 is 2.71 bits per heavy atom. The SMILES string of the molecule is Fc1ccc(Nc2cc(-c3ccccc3)nc(NCC3CCCO3)n2)cc1Cl. The van der Waals surface area contributed by atoms with Gasteiger partial charge in [-0.3, -0.25) is 0 Å². The Kier molecular flexibility index (Phi) is 5.69. The Morgan fingerprint density at radius 2 is 1.96 bits per heavy atom. The molecule has 2 heterocycles. The predicted molar refractivity (Wildman–Crippen MR) is 110 cm³/mol. The summed E-state index contributed by atoms with van der Waals surface area (Å²) in [5.41, 5.74) is 2.40. The lowest BCUT2D eigenvalue weighted by Gasteiger charge is -2.14. The number of halogens is 2. The van der Waals surface area contributed by atoms with Crippen LogP contribution in [0.25, 0.3) is 11.3 Å². The van der Waals surface area contributed by atoms with Crippen molar-refractivity contribution in [1.29, 1.82) is 0 Å². The van der Waals surface area contributed by atoms with Gasteiger partial charge in [0, 0.05) is 30.5 Å². The highest BCUT2D eigenvalue weighted by Crippen LogP contribution is 2.26. The van der Waals surface area contributed by atoms with Gasteiger partial charge in [-0.15, -0.1) is 0 Å². The van der Waals surface area contributed by atoms with Gasteiger partial charge in [-0.1, -0.05) is 41.9 Å². The molecule has 0 bridgehead atoms. The van der Waals surface area contributed by atoms with E-state index in [0.29, 0.717) is 24.0 Å². The van der Waals surface area contributed by atoms with Gasteiger partial charge in [-0.05, 0) is 31.0 Å². The van der Waals surface area contributed by atoms with Crippen molar-refractivity contribution >= 4 is 29.1 Å². The number of nitrogens with one attached hydrogen (secondary N) is 2. The lowest BCUT2D eigenvalue weighted by atomic mass is 10.1. The molecule has 1 aliphatic heterocycles. The highest BCUT2D eigenvalue weighted by molar-refractivity contribution is 6.31. The molecule has 2 N–H and O–H groups in total. The fourth-order valence-electron chi connectivity index (χ4n) is 3.08. The van der Waals surface area contributed by atoms with Crippen molar-refractivity contribution in [1.82, 2.24) is 9.97 Å². The average molecular weight is 399 g/mol. The molecule has 28 heavy (non-hydrogen) atoms. The molecule has 1 aromatic heterocycles. The highest BCUT2D eigenvalue weighted by Gasteiger charge is 2.16. The average Bonchev–Trinajstić information content (AvgIpc) is 3.23. The summed E-state index contributed by atoms with van der Waals surface area (Å²) in [6, 6.07) is 16.2. The van der Waals surface area contributed by atoms with E-state index in [4.69, 9.17) is 16.3 Å². The van der Waals surface area contributed by atoms with Crippen LogP contribution in [0.15, 0.2) is 54.6 Å². The summed E-state index contributed by atoms with van der Waals surface area (Å²) >= 11 is 5.89. The van der Waals surface area contributed by atoms with Crippen LogP contribution in [0, 0.1) is 5.82 Å². The van der Waals surface area contributed by atoms with E-state index in [1.54, 1.807) is 6.07 Å². The molecule has 7 heteroatoms. The van der Waals surface area contributed by atoms with Crippen molar-refractivity contribution in [3.8, 4) is 11.3 Å². The molecule has 2 aromatic carbocycles. The Bertz CT molecular complexity index is 948. The Hall–Kier alpha value is -2.70. The molecule has 5 nitrogen and oxygen atoms in total. The van der Waals surface area contributed by atoms with E-state index < -0.39 is 5.82 Å². The van der Waals surface area contributed by atoms with Gasteiger partial charge < -0.3 is 15.4 Å². The van der Waals surface area contributed by atoms with Gasteiger partial charge >= 0.3 is 0 Å². The first kappa shape index (κ1) is 18.7. The van der Waals surface area contributed by atoms with Crippen molar-refractivity contribution in [2.45, 2.75) is 18.9 Å². The molecule has 0 spiro atoms. The third-order valence-corrected chi connectivity index (χ3v) is 4.79. The Labute approximate surface area is 167 Å². The summed E-state index contributed by atoms with van der Waals surface area (Å²) in [4.78, 5) is 9.18. The van der Waals surface area contributed by atoms with E-state index in [-0.39, 0.29) is 11.1 Å². The van der Waals surface area contributed by atoms with E-state index in [1.165, 1.54) is 12.1 Å². The summed E-state index contributed by atoms with van der Waals surface area (Å²) < 4.78 is 19.1. The normalized spacial score (nSPS) is 16.1. The van der Waals surface area contributed by atoms with Crippen molar-refractivity contribution in [2.24, 2.45) is 0 Å². The maximum absolute atomic E-state index is 13.4. The van der Waals surface area contributed by atoms with E-state index in [1.807, 2.05) is 36.4 Å². The zero-order valence-corrected chi connectivity index (χ0v) is 15.9. The van der Waals surface area contributed by atoms with Crippen LogP contribution in [-0.4, -0.2) is 29.2 Å². The van der Waals surface area contributed by atoms with Gasteiger partial charge in [0.05, 0.1) is 16.8 Å². The third kappa shape index (κ3) is 4.58. The fourth-order valence-corrected chi connectivity index (χ4v) is 3.26. The first-order valence-electron chi connectivity index (χ1n) is 9.19. The van der Waals surface area contributed by atoms with E-state index >= 15 is 0 Å². The lowest BCUT2D eigenvalue weighted by Crippen LogP contribution is -2.20. The van der Waals surface area contributed by atoms with Crippen molar-refractivity contribution in [2.75, 3.05) is 23.8 Å². The summed E-state index contributed by atoms with van der Waals surface area (Å²) in [6.07, 6.45) is 2.29. The molecule has 1 fully saturated rings. The molecule has 0 saturated carbocycles. The van der Waals surface area contributed by atoms with E-state index in [9.17, 15) is 4.39 Å². The second-order valence-electron chi connectivity index (χ2n) is 6.60. The number of benzene rings is 2. The molecule has 0 amide bonds. The van der Waals surface area contributed by atoms with Gasteiger partial charge in [0.15, 0.2) is 0 Å². The van der Waals surface area contributed by atoms with Crippen LogP contribution in [0.3, 0.4) is 0 Å². The molecule has 1 aliphatic rings. The molecular formula is C21H20ClFN4O. The molecule has 144 valence electrons. The van der Waals surface area contributed by atoms with Gasteiger partial charge in [0.25, 0.3) is 0 Å². The quantitative estimate of drug-likeness (QED) is 0.592. The number of ether oxygens (including phenoxy) is 1. The maximum atomic E-state index is 13.4. The first-order chi connectivity index (χ1) is 13.7. The number of rotatable bonds is 6. The fraction of sp³-hybridized carbons (Fsp3) is 0.238. The number of nitrogens with zero attached hydrogens (tertiary/aromatic N) is 2. The maximum Gasteiger partial charge on any atom is 0.225 e. The Morgan fingerprint density at radius 1 is 1.11 bits per heavy atom. The standard InChI is InChI=1S/C21H20ClFN4O/c22-17-11-15(8-9-18(17)23)25-20-12-19(14-5-2-1-3-6-14)26-21(27-20)24-13-16-7-4-10-28-16/h1-3,5-6,8-9,11-12,16H,4,7,10,13H2,(H2,24,25,26,27). The highest BCUT2D eigenvalue weighted by atomic mass is 35.5. The largest absolute Gasteiger partial charge is 0.376 e. The zero-order chi connectivity index (χ0) is 19.3. The monoisotopic (exact) mass is 398 g/mol. The lowest BCUT2D eigenvalue weighted by molar-refractivity contribution is 0.120. The van der Waals surface area contributed by atoms with Gasteiger partial charge in [-0.2, -0.15) is 4.98 Å². The summed E-state index contributed by atoms with van der Waals surface area (Å²) in [5, 5.41) is 6.50. The molecule has 3 aromatic rings. The zero-order valence-electron chi connectivity index (χ0n) is 15.2. The minimum Gasteiger partial charge on any atom is -0.376 e.